The van der Waals surface area contributed by atoms with Gasteiger partial charge < -0.3 is 11.1 Å². The predicted molar refractivity (Wildman–Crippen MR) is 145 cm³/mol. The standard InChI is InChI=1S/C23H22ClFN6O3S2/c1-5-20(24)35-13(3)36(34)30-23(33)29-15-7-9-19(17(25)11-15)31-12(2)28-18-10-14(21(26)27-4)6-8-16(18)22(31)32/h5-11H,3H2,1-2,4H3,(H2,26,27)(H2,29,30,33)/b20-5-. The van der Waals surface area contributed by atoms with Gasteiger partial charge in [-0.15, -0.1) is 0 Å². The summed E-state index contributed by atoms with van der Waals surface area (Å²) < 4.78 is 31.0. The number of amidine groups is 1. The van der Waals surface area contributed by atoms with Crippen molar-refractivity contribution in [1.82, 2.24) is 14.3 Å². The highest BCUT2D eigenvalue weighted by Gasteiger charge is 2.16. The lowest BCUT2D eigenvalue weighted by Gasteiger charge is -2.14. The maximum Gasteiger partial charge on any atom is 0.331 e. The Morgan fingerprint density at radius 3 is 2.69 bits per heavy atom. The number of benzene rings is 2. The molecule has 13 heteroatoms. The topological polar surface area (TPSA) is 131 Å². The summed E-state index contributed by atoms with van der Waals surface area (Å²) in [5.74, 6) is -0.230. The number of thioether (sulfide) groups is 1. The number of allylic oxidation sites excluding steroid dienone is 1. The van der Waals surface area contributed by atoms with E-state index < -0.39 is 28.4 Å². The number of aromatic nitrogens is 2. The number of rotatable bonds is 7. The maximum atomic E-state index is 15.0. The van der Waals surface area contributed by atoms with Gasteiger partial charge in [-0.2, -0.15) is 0 Å². The molecule has 0 saturated heterocycles. The predicted octanol–water partition coefficient (Wildman–Crippen LogP) is 4.26. The fourth-order valence-electron chi connectivity index (χ4n) is 3.14. The molecule has 3 aromatic rings. The third-order valence-electron chi connectivity index (χ3n) is 4.85. The summed E-state index contributed by atoms with van der Waals surface area (Å²) in [6.45, 7) is 6.87. The number of hydrogen-bond donors (Lipinski definition) is 3. The van der Waals surface area contributed by atoms with Gasteiger partial charge in [0.1, 0.15) is 17.5 Å². The molecule has 1 heterocycles. The number of carbonyl (C=O) groups is 1. The van der Waals surface area contributed by atoms with Gasteiger partial charge in [0, 0.05) is 18.3 Å². The molecular formula is C23H22ClFN6O3S2. The highest BCUT2D eigenvalue weighted by Crippen LogP contribution is 2.28. The third kappa shape index (κ3) is 6.01. The van der Waals surface area contributed by atoms with Crippen molar-refractivity contribution in [3.05, 3.63) is 85.2 Å². The molecular weight excluding hydrogens is 527 g/mol. The molecule has 0 bridgehead atoms. The van der Waals surface area contributed by atoms with E-state index in [0.29, 0.717) is 21.3 Å². The summed E-state index contributed by atoms with van der Waals surface area (Å²) in [4.78, 5) is 33.7. The van der Waals surface area contributed by atoms with Crippen molar-refractivity contribution in [3.8, 4) is 5.69 Å². The smallest absolute Gasteiger partial charge is 0.331 e. The first-order chi connectivity index (χ1) is 17.0. The number of anilines is 1. The van der Waals surface area contributed by atoms with Crippen LogP contribution >= 0.6 is 23.4 Å². The van der Waals surface area contributed by atoms with Crippen molar-refractivity contribution in [2.45, 2.75) is 13.8 Å². The average molecular weight is 549 g/mol. The largest absolute Gasteiger partial charge is 0.384 e. The van der Waals surface area contributed by atoms with Crippen LogP contribution < -0.4 is 21.3 Å². The molecule has 0 radical (unpaired) electrons. The van der Waals surface area contributed by atoms with Crippen LogP contribution in [-0.4, -0.2) is 32.7 Å². The molecule has 1 atom stereocenters. The SMILES string of the molecule is C=C(S/C(Cl)=C\C)S(=O)NC(=O)Nc1ccc(-n2c(C)nc3cc(C(N)=NC)ccc3c2=O)c(F)c1. The molecule has 2 amide bonds. The van der Waals surface area contributed by atoms with Crippen LogP contribution in [-0.2, 0) is 11.0 Å². The molecule has 4 N–H and O–H groups in total. The van der Waals surface area contributed by atoms with Crippen LogP contribution in [0.3, 0.4) is 0 Å². The average Bonchev–Trinajstić information content (AvgIpc) is 2.84. The number of halogens is 2. The summed E-state index contributed by atoms with van der Waals surface area (Å²) in [7, 11) is -0.384. The number of amides is 2. The minimum Gasteiger partial charge on any atom is -0.384 e. The number of nitrogens with two attached hydrogens (primary N) is 1. The van der Waals surface area contributed by atoms with Crippen LogP contribution in [0.1, 0.15) is 18.3 Å². The Bertz CT molecular complexity index is 1520. The van der Waals surface area contributed by atoms with Crippen LogP contribution in [0.5, 0.6) is 0 Å². The second kappa shape index (κ2) is 11.5. The van der Waals surface area contributed by atoms with Gasteiger partial charge in [-0.05, 0) is 44.2 Å². The number of urea groups is 1. The minimum absolute atomic E-state index is 0.0501. The third-order valence-corrected chi connectivity index (χ3v) is 7.45. The second-order valence-corrected chi connectivity index (χ2v) is 10.5. The Balaban J connectivity index is 1.85. The van der Waals surface area contributed by atoms with Crippen molar-refractivity contribution < 1.29 is 13.4 Å². The number of nitrogens with one attached hydrogen (secondary N) is 2. The zero-order valence-electron chi connectivity index (χ0n) is 19.5. The van der Waals surface area contributed by atoms with Crippen molar-refractivity contribution in [2.24, 2.45) is 10.7 Å². The van der Waals surface area contributed by atoms with Crippen LogP contribution in [0.2, 0.25) is 0 Å². The fraction of sp³-hybridized carbons (Fsp3) is 0.130. The Morgan fingerprint density at radius 2 is 2.06 bits per heavy atom. The van der Waals surface area contributed by atoms with E-state index in [0.717, 1.165) is 22.4 Å². The molecule has 1 aromatic heterocycles. The van der Waals surface area contributed by atoms with E-state index in [1.165, 1.54) is 12.1 Å². The number of carbonyl (C=O) groups excluding carboxylic acids is 1. The minimum atomic E-state index is -1.94. The molecule has 2 aromatic carbocycles. The molecule has 0 aliphatic rings. The molecule has 0 spiro atoms. The summed E-state index contributed by atoms with van der Waals surface area (Å²) in [5, 5.41) is 2.66. The van der Waals surface area contributed by atoms with Gasteiger partial charge in [-0.25, -0.2) is 18.4 Å². The van der Waals surface area contributed by atoms with Gasteiger partial charge in [0.25, 0.3) is 5.56 Å². The van der Waals surface area contributed by atoms with E-state index in [9.17, 15) is 13.8 Å². The molecule has 0 aliphatic carbocycles. The quantitative estimate of drug-likeness (QED) is 0.299. The number of aryl methyl sites for hydroxylation is 1. The zero-order valence-corrected chi connectivity index (χ0v) is 21.9. The van der Waals surface area contributed by atoms with Gasteiger partial charge in [0.05, 0.1) is 25.2 Å². The summed E-state index contributed by atoms with van der Waals surface area (Å²) in [5.41, 5.74) is 6.41. The first-order valence-corrected chi connectivity index (χ1v) is 12.6. The molecule has 0 saturated carbocycles. The first-order valence-electron chi connectivity index (χ1n) is 10.3. The highest BCUT2D eigenvalue weighted by molar-refractivity contribution is 8.19. The maximum absolute atomic E-state index is 15.0. The highest BCUT2D eigenvalue weighted by atomic mass is 35.5. The lowest BCUT2D eigenvalue weighted by atomic mass is 10.1. The fourth-order valence-corrected chi connectivity index (χ4v) is 4.92. The van der Waals surface area contributed by atoms with Gasteiger partial charge in [0.2, 0.25) is 0 Å². The van der Waals surface area contributed by atoms with Crippen molar-refractivity contribution in [3.63, 3.8) is 0 Å². The van der Waals surface area contributed by atoms with E-state index in [-0.39, 0.29) is 26.8 Å². The molecule has 0 aliphatic heterocycles. The normalized spacial score (nSPS) is 12.9. The Labute approximate surface area is 217 Å². The van der Waals surface area contributed by atoms with Crippen molar-refractivity contribution in [1.29, 1.82) is 0 Å². The van der Waals surface area contributed by atoms with E-state index in [2.05, 4.69) is 26.6 Å². The molecule has 9 nitrogen and oxygen atoms in total. The summed E-state index contributed by atoms with van der Waals surface area (Å²) in [6.07, 6.45) is 1.59. The van der Waals surface area contributed by atoms with Crippen molar-refractivity contribution >= 4 is 62.8 Å². The molecule has 0 fully saturated rings. The molecule has 1 unspecified atom stereocenters. The first kappa shape index (κ1) is 27.1. The van der Waals surface area contributed by atoms with Crippen LogP contribution in [0.25, 0.3) is 16.6 Å². The Kier molecular flexibility index (Phi) is 8.66. The summed E-state index contributed by atoms with van der Waals surface area (Å²) >= 11 is 6.80. The van der Waals surface area contributed by atoms with Gasteiger partial charge in [0.15, 0.2) is 11.0 Å². The van der Waals surface area contributed by atoms with Crippen LogP contribution in [0, 0.1) is 12.7 Å². The molecule has 188 valence electrons. The van der Waals surface area contributed by atoms with E-state index in [1.54, 1.807) is 45.2 Å². The number of aliphatic imine (C=N–C) groups is 1. The van der Waals surface area contributed by atoms with E-state index in [1.807, 2.05) is 0 Å². The Hall–Kier alpha value is -3.48. The number of nitrogens with zero attached hydrogens (tertiary/aromatic N) is 3. The van der Waals surface area contributed by atoms with E-state index in [4.69, 9.17) is 17.3 Å². The molecule has 36 heavy (non-hydrogen) atoms. The van der Waals surface area contributed by atoms with Crippen molar-refractivity contribution in [2.75, 3.05) is 12.4 Å². The van der Waals surface area contributed by atoms with Gasteiger partial charge >= 0.3 is 6.03 Å². The van der Waals surface area contributed by atoms with E-state index >= 15 is 4.39 Å². The van der Waals surface area contributed by atoms with Gasteiger partial charge in [-0.1, -0.05) is 42.1 Å². The molecule has 3 rings (SSSR count). The lowest BCUT2D eigenvalue weighted by molar-refractivity contribution is 0.257. The number of hydrogen-bond acceptors (Lipinski definition) is 6. The summed E-state index contributed by atoms with van der Waals surface area (Å²) in [6, 6.07) is 7.77. The zero-order chi connectivity index (χ0) is 26.6. The van der Waals surface area contributed by atoms with Crippen LogP contribution in [0.4, 0.5) is 14.9 Å². The number of fused-ring (bicyclic) bond motifs is 1. The van der Waals surface area contributed by atoms with Gasteiger partial charge in [-0.3, -0.25) is 19.1 Å². The second-order valence-electron chi connectivity index (χ2n) is 7.20. The van der Waals surface area contributed by atoms with Crippen LogP contribution in [0.15, 0.2) is 67.4 Å². The Morgan fingerprint density at radius 1 is 1.33 bits per heavy atom. The monoisotopic (exact) mass is 548 g/mol. The lowest BCUT2D eigenvalue weighted by Crippen LogP contribution is -2.30.